The van der Waals surface area contributed by atoms with Gasteiger partial charge in [-0.2, -0.15) is 0 Å². The van der Waals surface area contributed by atoms with Gasteiger partial charge in [-0.25, -0.2) is 4.79 Å². The molecule has 1 atom stereocenters. The van der Waals surface area contributed by atoms with Crippen LogP contribution >= 0.6 is 0 Å². The van der Waals surface area contributed by atoms with E-state index in [4.69, 9.17) is 9.16 Å². The highest BCUT2D eigenvalue weighted by atomic mass is 28.4. The topological polar surface area (TPSA) is 35.5 Å². The molecule has 0 saturated heterocycles. The van der Waals surface area contributed by atoms with Crippen LogP contribution in [0.25, 0.3) is 0 Å². The third-order valence-electron chi connectivity index (χ3n) is 3.35. The Kier molecular flexibility index (Phi) is 5.88. The first-order valence-corrected chi connectivity index (χ1v) is 9.28. The maximum Gasteiger partial charge on any atom is 0.334 e. The van der Waals surface area contributed by atoms with Crippen molar-refractivity contribution in [1.29, 1.82) is 0 Å². The zero-order valence-corrected chi connectivity index (χ0v) is 13.6. The van der Waals surface area contributed by atoms with E-state index in [9.17, 15) is 4.79 Å². The maximum absolute atomic E-state index is 11.9. The maximum atomic E-state index is 11.9. The summed E-state index contributed by atoms with van der Waals surface area (Å²) >= 11 is 0. The van der Waals surface area contributed by atoms with Crippen LogP contribution in [0.1, 0.15) is 41.5 Å². The van der Waals surface area contributed by atoms with Gasteiger partial charge in [0.05, 0.1) is 6.61 Å². The van der Waals surface area contributed by atoms with Crippen molar-refractivity contribution in [2.75, 3.05) is 6.61 Å². The fourth-order valence-electron chi connectivity index (χ4n) is 1.17. The predicted molar refractivity (Wildman–Crippen MR) is 73.5 cm³/mol. The molecule has 1 unspecified atom stereocenters. The van der Waals surface area contributed by atoms with Crippen molar-refractivity contribution in [2.24, 2.45) is 5.92 Å². The molecule has 0 fully saturated rings. The van der Waals surface area contributed by atoms with Gasteiger partial charge >= 0.3 is 5.97 Å². The van der Waals surface area contributed by atoms with E-state index >= 15 is 0 Å². The number of carbonyl (C=O) groups excluding carboxylic acids is 1. The summed E-state index contributed by atoms with van der Waals surface area (Å²) in [6, 6.07) is 0. The van der Waals surface area contributed by atoms with Crippen molar-refractivity contribution in [3.05, 3.63) is 0 Å². The Labute approximate surface area is 107 Å². The summed E-state index contributed by atoms with van der Waals surface area (Å²) in [5, 5.41) is 0.104. The molecular weight excluding hydrogens is 232 g/mol. The number of ether oxygens (including phenoxy) is 1. The lowest BCUT2D eigenvalue weighted by atomic mass is 10.1. The van der Waals surface area contributed by atoms with Crippen molar-refractivity contribution in [1.82, 2.24) is 0 Å². The van der Waals surface area contributed by atoms with Gasteiger partial charge in [0.1, 0.15) is 6.10 Å². The summed E-state index contributed by atoms with van der Waals surface area (Å²) in [5.74, 6) is -0.0875. The molecule has 0 aliphatic rings. The lowest BCUT2D eigenvalue weighted by molar-refractivity contribution is -0.154. The fraction of sp³-hybridized carbons (Fsp3) is 0.923. The lowest BCUT2D eigenvalue weighted by Gasteiger charge is -2.39. The fourth-order valence-corrected chi connectivity index (χ4v) is 2.53. The van der Waals surface area contributed by atoms with E-state index in [2.05, 4.69) is 33.9 Å². The largest absolute Gasteiger partial charge is 0.464 e. The molecule has 0 N–H and O–H groups in total. The van der Waals surface area contributed by atoms with E-state index in [0.717, 1.165) is 0 Å². The molecule has 4 heteroatoms. The molecule has 0 rings (SSSR count). The molecular formula is C13H28O3Si. The van der Waals surface area contributed by atoms with Crippen molar-refractivity contribution >= 4 is 14.3 Å². The summed E-state index contributed by atoms with van der Waals surface area (Å²) in [4.78, 5) is 11.9. The van der Waals surface area contributed by atoms with Crippen LogP contribution in [0.3, 0.4) is 0 Å². The van der Waals surface area contributed by atoms with Gasteiger partial charge in [-0.3, -0.25) is 0 Å². The SMILES string of the molecule is CCOC(=O)C(O[Si](C)(C)C(C)(C)C)C(C)C. The third kappa shape index (κ3) is 4.80. The second-order valence-corrected chi connectivity index (χ2v) is 11.1. The Morgan fingerprint density at radius 3 is 2.00 bits per heavy atom. The highest BCUT2D eigenvalue weighted by Crippen LogP contribution is 2.38. The van der Waals surface area contributed by atoms with Crippen molar-refractivity contribution in [2.45, 2.75) is 65.8 Å². The van der Waals surface area contributed by atoms with Crippen LogP contribution in [0.4, 0.5) is 0 Å². The van der Waals surface area contributed by atoms with Gasteiger partial charge in [0.25, 0.3) is 0 Å². The van der Waals surface area contributed by atoms with Gasteiger partial charge in [-0.05, 0) is 31.0 Å². The van der Waals surface area contributed by atoms with Gasteiger partial charge in [0.15, 0.2) is 8.32 Å². The first kappa shape index (κ1) is 16.6. The normalized spacial score (nSPS) is 14.9. The highest BCUT2D eigenvalue weighted by Gasteiger charge is 2.41. The van der Waals surface area contributed by atoms with Gasteiger partial charge in [0.2, 0.25) is 0 Å². The first-order chi connectivity index (χ1) is 7.53. The van der Waals surface area contributed by atoms with E-state index < -0.39 is 14.4 Å². The Morgan fingerprint density at radius 2 is 1.71 bits per heavy atom. The Hall–Kier alpha value is -0.353. The van der Waals surface area contributed by atoms with Gasteiger partial charge in [-0.15, -0.1) is 0 Å². The predicted octanol–water partition coefficient (Wildman–Crippen LogP) is 3.60. The molecule has 3 nitrogen and oxygen atoms in total. The number of carbonyl (C=O) groups is 1. The number of hydrogen-bond donors (Lipinski definition) is 0. The summed E-state index contributed by atoms with van der Waals surface area (Å²) < 4.78 is 11.2. The van der Waals surface area contributed by atoms with Crippen molar-refractivity contribution < 1.29 is 14.0 Å². The summed E-state index contributed by atoms with van der Waals surface area (Å²) in [6.07, 6.45) is -0.434. The Balaban J connectivity index is 4.83. The zero-order valence-electron chi connectivity index (χ0n) is 12.6. The summed E-state index contributed by atoms with van der Waals surface area (Å²) in [6.45, 7) is 17.0. The van der Waals surface area contributed by atoms with Crippen LogP contribution in [0.15, 0.2) is 0 Å². The van der Waals surface area contributed by atoms with Crippen molar-refractivity contribution in [3.8, 4) is 0 Å². The monoisotopic (exact) mass is 260 g/mol. The lowest BCUT2D eigenvalue weighted by Crippen LogP contribution is -2.48. The van der Waals surface area contributed by atoms with E-state index in [0.29, 0.717) is 6.61 Å². The molecule has 17 heavy (non-hydrogen) atoms. The Bertz CT molecular complexity index is 254. The van der Waals surface area contributed by atoms with Gasteiger partial charge in [-0.1, -0.05) is 34.6 Å². The number of esters is 1. The molecule has 0 aliphatic carbocycles. The molecule has 0 aromatic heterocycles. The van der Waals surface area contributed by atoms with Crippen LogP contribution in [0.5, 0.6) is 0 Å². The molecule has 0 radical (unpaired) electrons. The van der Waals surface area contributed by atoms with Crippen LogP contribution < -0.4 is 0 Å². The Morgan fingerprint density at radius 1 is 1.24 bits per heavy atom. The first-order valence-electron chi connectivity index (χ1n) is 6.37. The minimum atomic E-state index is -1.92. The second-order valence-electron chi connectivity index (χ2n) is 6.29. The van der Waals surface area contributed by atoms with Crippen molar-refractivity contribution in [3.63, 3.8) is 0 Å². The summed E-state index contributed by atoms with van der Waals surface area (Å²) in [7, 11) is -1.92. The van der Waals surface area contributed by atoms with E-state index in [1.165, 1.54) is 0 Å². The molecule has 0 spiro atoms. The van der Waals surface area contributed by atoms with E-state index in [-0.39, 0.29) is 16.9 Å². The average molecular weight is 260 g/mol. The highest BCUT2D eigenvalue weighted by molar-refractivity contribution is 6.74. The molecule has 0 aliphatic heterocycles. The molecule has 0 saturated carbocycles. The number of hydrogen-bond acceptors (Lipinski definition) is 3. The van der Waals surface area contributed by atoms with E-state index in [1.54, 1.807) is 0 Å². The quantitative estimate of drug-likeness (QED) is 0.560. The molecule has 102 valence electrons. The zero-order chi connectivity index (χ0) is 13.9. The molecule has 0 amide bonds. The van der Waals surface area contributed by atoms with Crippen LogP contribution in [-0.2, 0) is 14.0 Å². The van der Waals surface area contributed by atoms with Crippen LogP contribution in [-0.4, -0.2) is 27.0 Å². The smallest absolute Gasteiger partial charge is 0.334 e. The average Bonchev–Trinajstić information content (AvgIpc) is 2.12. The van der Waals surface area contributed by atoms with Gasteiger partial charge < -0.3 is 9.16 Å². The minimum absolute atomic E-state index is 0.104. The van der Waals surface area contributed by atoms with E-state index in [1.807, 2.05) is 20.8 Å². The third-order valence-corrected chi connectivity index (χ3v) is 7.81. The molecule has 0 aromatic rings. The molecule has 0 bridgehead atoms. The molecule has 0 aromatic carbocycles. The minimum Gasteiger partial charge on any atom is -0.464 e. The molecule has 0 heterocycles. The number of rotatable bonds is 5. The van der Waals surface area contributed by atoms with Crippen LogP contribution in [0, 0.1) is 5.92 Å². The van der Waals surface area contributed by atoms with Gasteiger partial charge in [0, 0.05) is 0 Å². The standard InChI is InChI=1S/C13H28O3Si/c1-9-15-12(14)11(10(2)3)16-17(7,8)13(4,5)6/h10-11H,9H2,1-8H3. The second kappa shape index (κ2) is 6.00. The summed E-state index contributed by atoms with van der Waals surface area (Å²) in [5.41, 5.74) is 0. The van der Waals surface area contributed by atoms with Crippen LogP contribution in [0.2, 0.25) is 18.1 Å².